The van der Waals surface area contributed by atoms with E-state index in [1.165, 1.54) is 0 Å². The maximum atomic E-state index is 12.8. The van der Waals surface area contributed by atoms with Crippen molar-refractivity contribution in [3.8, 4) is 0 Å². The number of piperidine rings is 1. The maximum Gasteiger partial charge on any atom is 0.228 e. The minimum Gasteiger partial charge on any atom is -0.370 e. The highest BCUT2D eigenvalue weighted by Gasteiger charge is 2.31. The lowest BCUT2D eigenvalue weighted by atomic mass is 9.95. The molecule has 1 atom stereocenters. The predicted molar refractivity (Wildman–Crippen MR) is 120 cm³/mol. The van der Waals surface area contributed by atoms with Gasteiger partial charge in [-0.3, -0.25) is 19.3 Å². The van der Waals surface area contributed by atoms with E-state index in [1.807, 2.05) is 37.3 Å². The summed E-state index contributed by atoms with van der Waals surface area (Å²) in [4.78, 5) is 49.5. The standard InChI is InChI=1S/C24H29N5O3/c1-16-19-9-11-22(32)29(14-17-6-3-2-4-7-17)24(19)27-23(26-16)18-8-5-13-28(15-18)21(31)12-10-20(25)30/h2-4,6-7,18H,5,8-15H2,1H3,(H2,25,30)/t18-/m0/s1. The third-order valence-electron chi connectivity index (χ3n) is 6.26. The molecule has 1 saturated heterocycles. The number of hydrogen-bond acceptors (Lipinski definition) is 5. The van der Waals surface area contributed by atoms with Gasteiger partial charge in [0.05, 0.1) is 6.54 Å². The van der Waals surface area contributed by atoms with Crippen LogP contribution in [-0.2, 0) is 27.3 Å². The quantitative estimate of drug-likeness (QED) is 0.748. The second kappa shape index (κ2) is 9.46. The van der Waals surface area contributed by atoms with Crippen LogP contribution >= 0.6 is 0 Å². The summed E-state index contributed by atoms with van der Waals surface area (Å²) in [5, 5.41) is 0. The van der Waals surface area contributed by atoms with Gasteiger partial charge in [-0.1, -0.05) is 30.3 Å². The zero-order valence-electron chi connectivity index (χ0n) is 18.4. The van der Waals surface area contributed by atoms with Gasteiger partial charge in [0.25, 0.3) is 0 Å². The summed E-state index contributed by atoms with van der Waals surface area (Å²) < 4.78 is 0. The first-order valence-electron chi connectivity index (χ1n) is 11.2. The number of amides is 3. The molecule has 2 aliphatic heterocycles. The third kappa shape index (κ3) is 4.79. The number of benzene rings is 1. The zero-order valence-corrected chi connectivity index (χ0v) is 18.4. The highest BCUT2D eigenvalue weighted by molar-refractivity contribution is 5.95. The normalized spacial score (nSPS) is 18.4. The fourth-order valence-corrected chi connectivity index (χ4v) is 4.52. The Labute approximate surface area is 187 Å². The maximum absolute atomic E-state index is 12.8. The SMILES string of the molecule is Cc1nc([C@H]2CCCN(C(=O)CCC(N)=O)C2)nc2c1CCC(=O)N2Cc1ccccc1. The second-order valence-electron chi connectivity index (χ2n) is 8.58. The van der Waals surface area contributed by atoms with Gasteiger partial charge in [-0.05, 0) is 31.7 Å². The number of anilines is 1. The average molecular weight is 436 g/mol. The lowest BCUT2D eigenvalue weighted by molar-refractivity contribution is -0.134. The van der Waals surface area contributed by atoms with Crippen molar-refractivity contribution in [3.63, 3.8) is 0 Å². The van der Waals surface area contributed by atoms with Gasteiger partial charge in [0, 0.05) is 49.5 Å². The Morgan fingerprint density at radius 2 is 1.91 bits per heavy atom. The van der Waals surface area contributed by atoms with E-state index in [9.17, 15) is 14.4 Å². The molecule has 8 nitrogen and oxygen atoms in total. The summed E-state index contributed by atoms with van der Waals surface area (Å²) in [5.74, 6) is 0.914. The monoisotopic (exact) mass is 435 g/mol. The van der Waals surface area contributed by atoms with Crippen molar-refractivity contribution < 1.29 is 14.4 Å². The number of aryl methyl sites for hydroxylation is 1. The number of aromatic nitrogens is 2. The minimum atomic E-state index is -0.469. The fourth-order valence-electron chi connectivity index (χ4n) is 4.52. The molecule has 32 heavy (non-hydrogen) atoms. The molecule has 0 aliphatic carbocycles. The highest BCUT2D eigenvalue weighted by Crippen LogP contribution is 2.33. The molecule has 0 spiro atoms. The molecule has 3 heterocycles. The van der Waals surface area contributed by atoms with Gasteiger partial charge in [0.15, 0.2) is 0 Å². The number of nitrogens with two attached hydrogens (primary N) is 1. The van der Waals surface area contributed by atoms with Crippen molar-refractivity contribution in [1.82, 2.24) is 14.9 Å². The predicted octanol–water partition coefficient (Wildman–Crippen LogP) is 2.24. The van der Waals surface area contributed by atoms with Crippen molar-refractivity contribution in [2.24, 2.45) is 5.73 Å². The van der Waals surface area contributed by atoms with E-state index >= 15 is 0 Å². The van der Waals surface area contributed by atoms with Crippen molar-refractivity contribution in [2.75, 3.05) is 18.0 Å². The van der Waals surface area contributed by atoms with Crippen LogP contribution in [0.3, 0.4) is 0 Å². The van der Waals surface area contributed by atoms with E-state index in [4.69, 9.17) is 15.7 Å². The van der Waals surface area contributed by atoms with Gasteiger partial charge < -0.3 is 10.6 Å². The number of likely N-dealkylation sites (tertiary alicyclic amines) is 1. The van der Waals surface area contributed by atoms with Crippen molar-refractivity contribution >= 4 is 23.5 Å². The van der Waals surface area contributed by atoms with Crippen LogP contribution in [0.2, 0.25) is 0 Å². The molecule has 2 aliphatic rings. The average Bonchev–Trinajstić information content (AvgIpc) is 2.80. The molecule has 0 radical (unpaired) electrons. The molecule has 1 aromatic carbocycles. The van der Waals surface area contributed by atoms with Gasteiger partial charge >= 0.3 is 0 Å². The molecule has 0 unspecified atom stereocenters. The summed E-state index contributed by atoms with van der Waals surface area (Å²) in [7, 11) is 0. The Balaban J connectivity index is 1.58. The lowest BCUT2D eigenvalue weighted by Crippen LogP contribution is -2.40. The summed E-state index contributed by atoms with van der Waals surface area (Å²) in [6.07, 6.45) is 3.02. The molecule has 4 rings (SSSR count). The number of carbonyl (C=O) groups is 3. The molecular weight excluding hydrogens is 406 g/mol. The van der Waals surface area contributed by atoms with Crippen LogP contribution in [0, 0.1) is 6.92 Å². The molecule has 1 fully saturated rings. The van der Waals surface area contributed by atoms with Crippen molar-refractivity contribution in [1.29, 1.82) is 0 Å². The highest BCUT2D eigenvalue weighted by atomic mass is 16.2. The molecule has 2 N–H and O–H groups in total. The number of nitrogens with zero attached hydrogens (tertiary/aromatic N) is 4. The summed E-state index contributed by atoms with van der Waals surface area (Å²) >= 11 is 0. The molecule has 2 aromatic rings. The van der Waals surface area contributed by atoms with E-state index in [1.54, 1.807) is 9.80 Å². The van der Waals surface area contributed by atoms with Gasteiger partial charge in [-0.15, -0.1) is 0 Å². The van der Waals surface area contributed by atoms with E-state index in [-0.39, 0.29) is 30.6 Å². The molecule has 8 heteroatoms. The topological polar surface area (TPSA) is 109 Å². The van der Waals surface area contributed by atoms with Crippen molar-refractivity contribution in [3.05, 3.63) is 53.0 Å². The minimum absolute atomic E-state index is 0.000817. The van der Waals surface area contributed by atoms with Gasteiger partial charge in [-0.25, -0.2) is 9.97 Å². The molecule has 0 bridgehead atoms. The largest absolute Gasteiger partial charge is 0.370 e. The summed E-state index contributed by atoms with van der Waals surface area (Å²) in [6.45, 7) is 3.63. The van der Waals surface area contributed by atoms with Crippen LogP contribution in [0.1, 0.15) is 60.7 Å². The van der Waals surface area contributed by atoms with Crippen LogP contribution < -0.4 is 10.6 Å². The van der Waals surface area contributed by atoms with Crippen LogP contribution in [0.5, 0.6) is 0 Å². The number of carbonyl (C=O) groups excluding carboxylic acids is 3. The van der Waals surface area contributed by atoms with Gasteiger partial charge in [-0.2, -0.15) is 0 Å². The van der Waals surface area contributed by atoms with E-state index in [0.717, 1.165) is 29.7 Å². The molecule has 1 aromatic heterocycles. The molecular formula is C24H29N5O3. The smallest absolute Gasteiger partial charge is 0.228 e. The van der Waals surface area contributed by atoms with Crippen LogP contribution in [0.4, 0.5) is 5.82 Å². The van der Waals surface area contributed by atoms with Crippen LogP contribution in [-0.4, -0.2) is 45.7 Å². The number of hydrogen-bond donors (Lipinski definition) is 1. The van der Waals surface area contributed by atoms with E-state index in [2.05, 4.69) is 0 Å². The lowest BCUT2D eigenvalue weighted by Gasteiger charge is -2.34. The number of primary amides is 1. The van der Waals surface area contributed by atoms with Gasteiger partial charge in [0.2, 0.25) is 17.7 Å². The van der Waals surface area contributed by atoms with E-state index in [0.29, 0.717) is 44.1 Å². The summed E-state index contributed by atoms with van der Waals surface area (Å²) in [6, 6.07) is 9.90. The first-order chi connectivity index (χ1) is 15.4. The molecule has 0 saturated carbocycles. The Kier molecular flexibility index (Phi) is 6.48. The zero-order chi connectivity index (χ0) is 22.7. The third-order valence-corrected chi connectivity index (χ3v) is 6.26. The van der Waals surface area contributed by atoms with Crippen LogP contribution in [0.15, 0.2) is 30.3 Å². The number of fused-ring (bicyclic) bond motifs is 1. The molecule has 168 valence electrons. The Morgan fingerprint density at radius 3 is 2.66 bits per heavy atom. The summed E-state index contributed by atoms with van der Waals surface area (Å²) in [5.41, 5.74) is 8.16. The second-order valence-corrected chi connectivity index (χ2v) is 8.58. The Morgan fingerprint density at radius 1 is 1.12 bits per heavy atom. The van der Waals surface area contributed by atoms with Gasteiger partial charge in [0.1, 0.15) is 11.6 Å². The van der Waals surface area contributed by atoms with E-state index < -0.39 is 5.91 Å². The molecule has 3 amide bonds. The first-order valence-corrected chi connectivity index (χ1v) is 11.2. The number of rotatable bonds is 6. The van der Waals surface area contributed by atoms with Crippen LogP contribution in [0.25, 0.3) is 0 Å². The fraction of sp³-hybridized carbons (Fsp3) is 0.458. The first kappa shape index (κ1) is 21.9. The Hall–Kier alpha value is -3.29. The van der Waals surface area contributed by atoms with Crippen molar-refractivity contribution in [2.45, 2.75) is 57.9 Å². The Bertz CT molecular complexity index is 1020.